The van der Waals surface area contributed by atoms with E-state index in [4.69, 9.17) is 4.74 Å². The highest BCUT2D eigenvalue weighted by Crippen LogP contribution is 2.23. The quantitative estimate of drug-likeness (QED) is 0.484. The van der Waals surface area contributed by atoms with Gasteiger partial charge in [-0.1, -0.05) is 66.8 Å². The summed E-state index contributed by atoms with van der Waals surface area (Å²) in [4.78, 5) is 12.5. The molecule has 0 spiro atoms. The Hall–Kier alpha value is -2.33. The molecule has 0 radical (unpaired) electrons. The van der Waals surface area contributed by atoms with E-state index in [0.717, 1.165) is 10.9 Å². The topological polar surface area (TPSA) is 31.2 Å². The van der Waals surface area contributed by atoms with Crippen molar-refractivity contribution in [2.45, 2.75) is 40.0 Å². The van der Waals surface area contributed by atoms with Gasteiger partial charge in [0.05, 0.1) is 14.7 Å². The number of ether oxygens (including phenoxy) is 1. The Labute approximate surface area is 156 Å². The van der Waals surface area contributed by atoms with Crippen LogP contribution in [0.5, 0.6) is 0 Å². The van der Waals surface area contributed by atoms with Crippen molar-refractivity contribution >= 4 is 30.1 Å². The lowest BCUT2D eigenvalue weighted by atomic mass is 10.1. The molecule has 136 valence electrons. The van der Waals surface area contributed by atoms with Crippen LogP contribution in [0.15, 0.2) is 48.5 Å². The van der Waals surface area contributed by atoms with Gasteiger partial charge in [-0.05, 0) is 31.5 Å². The summed E-state index contributed by atoms with van der Waals surface area (Å²) in [7, 11) is -1.41. The Kier molecular flexibility index (Phi) is 5.05. The fraction of sp³-hybridized carbons (Fsp3) is 0.318. The van der Waals surface area contributed by atoms with Crippen LogP contribution in [0.25, 0.3) is 10.9 Å². The first-order chi connectivity index (χ1) is 12.3. The zero-order chi connectivity index (χ0) is 18.9. The van der Waals surface area contributed by atoms with Crippen LogP contribution in [0.3, 0.4) is 0 Å². The third-order valence-corrected chi connectivity index (χ3v) is 6.72. The molecule has 0 amide bonds. The number of esters is 1. The Bertz CT molecular complexity index is 950. The number of carbonyl (C=O) groups is 1. The maximum atomic E-state index is 12.5. The van der Waals surface area contributed by atoms with E-state index in [-0.39, 0.29) is 5.97 Å². The number of carbonyl (C=O) groups excluding carboxylic acids is 1. The third-order valence-electron chi connectivity index (χ3n) is 4.68. The minimum absolute atomic E-state index is 0.258. The summed E-state index contributed by atoms with van der Waals surface area (Å²) in [5, 5.41) is 2.51. The Morgan fingerprint density at radius 3 is 2.50 bits per heavy atom. The van der Waals surface area contributed by atoms with Crippen molar-refractivity contribution in [3.05, 3.63) is 65.4 Å². The normalized spacial score (nSPS) is 11.7. The van der Waals surface area contributed by atoms with Crippen LogP contribution < -0.4 is 5.19 Å². The second-order valence-corrected chi connectivity index (χ2v) is 12.9. The smallest absolute Gasteiger partial charge is 0.354 e. The van der Waals surface area contributed by atoms with E-state index in [2.05, 4.69) is 73.6 Å². The van der Waals surface area contributed by atoms with Gasteiger partial charge in [0.1, 0.15) is 5.69 Å². The molecule has 3 aromatic rings. The molecule has 3 rings (SSSR count). The molecule has 0 aliphatic rings. The van der Waals surface area contributed by atoms with E-state index in [1.165, 1.54) is 16.3 Å². The van der Waals surface area contributed by atoms with Crippen molar-refractivity contribution < 1.29 is 9.53 Å². The fourth-order valence-electron chi connectivity index (χ4n) is 3.27. The summed E-state index contributed by atoms with van der Waals surface area (Å²) >= 11 is 0. The molecule has 0 bridgehead atoms. The van der Waals surface area contributed by atoms with Crippen LogP contribution in [0.2, 0.25) is 19.6 Å². The van der Waals surface area contributed by atoms with E-state index in [1.54, 1.807) is 0 Å². The predicted molar refractivity (Wildman–Crippen MR) is 111 cm³/mol. The lowest BCUT2D eigenvalue weighted by Crippen LogP contribution is -2.37. The molecule has 0 saturated carbocycles. The summed E-state index contributed by atoms with van der Waals surface area (Å²) in [5.74, 6) is -0.258. The van der Waals surface area contributed by atoms with Crippen molar-refractivity contribution in [3.8, 4) is 0 Å². The number of hydrogen-bond acceptors (Lipinski definition) is 2. The van der Waals surface area contributed by atoms with E-state index in [0.29, 0.717) is 18.8 Å². The van der Waals surface area contributed by atoms with Crippen molar-refractivity contribution in [2.24, 2.45) is 0 Å². The van der Waals surface area contributed by atoms with E-state index < -0.39 is 8.07 Å². The van der Waals surface area contributed by atoms with Gasteiger partial charge in [0.2, 0.25) is 0 Å². The number of benzene rings is 2. The van der Waals surface area contributed by atoms with Gasteiger partial charge in [-0.25, -0.2) is 4.79 Å². The van der Waals surface area contributed by atoms with Crippen LogP contribution in [-0.2, 0) is 11.3 Å². The fourth-order valence-corrected chi connectivity index (χ4v) is 4.45. The molecule has 0 unspecified atom stereocenters. The highest BCUT2D eigenvalue weighted by Gasteiger charge is 2.20. The molecular formula is C22H27NO2Si. The summed E-state index contributed by atoms with van der Waals surface area (Å²) in [6.45, 7) is 12.0. The Morgan fingerprint density at radius 2 is 1.85 bits per heavy atom. The maximum absolute atomic E-state index is 12.5. The highest BCUT2D eigenvalue weighted by atomic mass is 28.3. The van der Waals surface area contributed by atoms with Gasteiger partial charge in [-0.3, -0.25) is 0 Å². The average molecular weight is 366 g/mol. The van der Waals surface area contributed by atoms with Gasteiger partial charge in [0.25, 0.3) is 0 Å². The minimum atomic E-state index is -1.41. The largest absolute Gasteiger partial charge is 0.461 e. The number of aryl methyl sites for hydroxylation is 1. The summed E-state index contributed by atoms with van der Waals surface area (Å²) < 4.78 is 7.39. The molecule has 0 atom stereocenters. The van der Waals surface area contributed by atoms with Gasteiger partial charge < -0.3 is 9.30 Å². The SMILES string of the molecule is CCOC(=O)c1cc2cc([Si](C)(C)C)ccc2n1Cc1cccc(C)c1. The second-order valence-electron chi connectivity index (χ2n) is 7.85. The summed E-state index contributed by atoms with van der Waals surface area (Å²) in [5.41, 5.74) is 4.10. The van der Waals surface area contributed by atoms with Crippen LogP contribution in [0, 0.1) is 6.92 Å². The molecular weight excluding hydrogens is 338 g/mol. The number of nitrogens with zero attached hydrogens (tertiary/aromatic N) is 1. The van der Waals surface area contributed by atoms with E-state index >= 15 is 0 Å². The van der Waals surface area contributed by atoms with Gasteiger partial charge in [-0.2, -0.15) is 0 Å². The Morgan fingerprint density at radius 1 is 1.08 bits per heavy atom. The predicted octanol–water partition coefficient (Wildman–Crippen LogP) is 4.72. The lowest BCUT2D eigenvalue weighted by molar-refractivity contribution is 0.0515. The molecule has 0 saturated heterocycles. The Balaban J connectivity index is 2.14. The van der Waals surface area contributed by atoms with Crippen molar-refractivity contribution in [3.63, 3.8) is 0 Å². The molecule has 3 nitrogen and oxygen atoms in total. The first kappa shape index (κ1) is 18.5. The van der Waals surface area contributed by atoms with Crippen LogP contribution in [0.1, 0.15) is 28.5 Å². The molecule has 1 heterocycles. The van der Waals surface area contributed by atoms with Gasteiger partial charge in [0, 0.05) is 17.4 Å². The first-order valence-electron chi connectivity index (χ1n) is 9.16. The monoisotopic (exact) mass is 365 g/mol. The van der Waals surface area contributed by atoms with Crippen LogP contribution >= 0.6 is 0 Å². The molecule has 1 aromatic heterocycles. The van der Waals surface area contributed by atoms with Gasteiger partial charge in [0.15, 0.2) is 0 Å². The lowest BCUT2D eigenvalue weighted by Gasteiger charge is -2.17. The van der Waals surface area contributed by atoms with Crippen molar-refractivity contribution in [2.75, 3.05) is 6.61 Å². The highest BCUT2D eigenvalue weighted by molar-refractivity contribution is 6.88. The van der Waals surface area contributed by atoms with E-state index in [1.807, 2.05) is 13.0 Å². The molecule has 4 heteroatoms. The summed E-state index contributed by atoms with van der Waals surface area (Å²) in [6.07, 6.45) is 0. The number of hydrogen-bond donors (Lipinski definition) is 0. The third kappa shape index (κ3) is 3.75. The molecule has 26 heavy (non-hydrogen) atoms. The first-order valence-corrected chi connectivity index (χ1v) is 12.7. The minimum Gasteiger partial charge on any atom is -0.461 e. The number of fused-ring (bicyclic) bond motifs is 1. The van der Waals surface area contributed by atoms with E-state index in [9.17, 15) is 4.79 Å². The molecule has 2 aromatic carbocycles. The molecule has 0 N–H and O–H groups in total. The maximum Gasteiger partial charge on any atom is 0.354 e. The van der Waals surface area contributed by atoms with Gasteiger partial charge in [-0.15, -0.1) is 0 Å². The van der Waals surface area contributed by atoms with Crippen LogP contribution in [0.4, 0.5) is 0 Å². The number of aromatic nitrogens is 1. The molecule has 0 aliphatic carbocycles. The van der Waals surface area contributed by atoms with Crippen LogP contribution in [-0.4, -0.2) is 25.2 Å². The van der Waals surface area contributed by atoms with Crippen molar-refractivity contribution in [1.82, 2.24) is 4.57 Å². The average Bonchev–Trinajstić information content (AvgIpc) is 2.92. The molecule has 0 aliphatic heterocycles. The van der Waals surface area contributed by atoms with Gasteiger partial charge >= 0.3 is 5.97 Å². The second kappa shape index (κ2) is 7.12. The summed E-state index contributed by atoms with van der Waals surface area (Å²) in [6, 6.07) is 17.0. The zero-order valence-electron chi connectivity index (χ0n) is 16.3. The molecule has 0 fully saturated rings. The number of rotatable bonds is 5. The standard InChI is InChI=1S/C22H27NO2Si/c1-6-25-22(24)21-14-18-13-19(26(3,4)5)10-11-20(18)23(21)15-17-9-7-8-16(2)12-17/h7-14H,6,15H2,1-5H3. The zero-order valence-corrected chi connectivity index (χ0v) is 17.3. The van der Waals surface area contributed by atoms with Crippen molar-refractivity contribution in [1.29, 1.82) is 0 Å².